The Morgan fingerprint density at radius 1 is 1.11 bits per heavy atom. The quantitative estimate of drug-likeness (QED) is 0.876. The van der Waals surface area contributed by atoms with Gasteiger partial charge >= 0.3 is 0 Å². The zero-order chi connectivity index (χ0) is 19.4. The molecule has 4 heteroatoms. The van der Waals surface area contributed by atoms with Gasteiger partial charge in [0.25, 0.3) is 5.91 Å². The largest absolute Gasteiger partial charge is 0.373 e. The van der Waals surface area contributed by atoms with Crippen molar-refractivity contribution in [2.75, 3.05) is 33.3 Å². The van der Waals surface area contributed by atoms with Crippen molar-refractivity contribution in [1.82, 2.24) is 10.2 Å². The first-order valence-corrected chi connectivity index (χ1v) is 10.4. The van der Waals surface area contributed by atoms with E-state index in [0.717, 1.165) is 44.6 Å². The molecular weight excluding hydrogens is 348 g/mol. The third-order valence-corrected chi connectivity index (χ3v) is 6.45. The van der Waals surface area contributed by atoms with Crippen LogP contribution in [0.1, 0.15) is 53.1 Å². The third kappa shape index (κ3) is 3.85. The Morgan fingerprint density at radius 3 is 2.57 bits per heavy atom. The van der Waals surface area contributed by atoms with Crippen LogP contribution in [0, 0.1) is 0 Å². The highest BCUT2D eigenvalue weighted by molar-refractivity contribution is 5.94. The van der Waals surface area contributed by atoms with Gasteiger partial charge in [0, 0.05) is 32.3 Å². The molecule has 4 rings (SSSR count). The highest BCUT2D eigenvalue weighted by Gasteiger charge is 2.37. The smallest absolute Gasteiger partial charge is 0.253 e. The third-order valence-electron chi connectivity index (χ3n) is 6.45. The number of carbonyl (C=O) groups is 1. The summed E-state index contributed by atoms with van der Waals surface area (Å²) in [5.41, 5.74) is 3.02. The lowest BCUT2D eigenvalue weighted by atomic mass is 9.84. The molecule has 148 valence electrons. The van der Waals surface area contributed by atoms with Gasteiger partial charge in [-0.05, 0) is 61.4 Å². The molecule has 2 aliphatic rings. The molecule has 0 bridgehead atoms. The van der Waals surface area contributed by atoms with Gasteiger partial charge in [-0.25, -0.2) is 0 Å². The number of nitrogens with zero attached hydrogens (tertiary/aromatic N) is 1. The summed E-state index contributed by atoms with van der Waals surface area (Å²) < 4.78 is 5.95. The van der Waals surface area contributed by atoms with Crippen molar-refractivity contribution in [3.63, 3.8) is 0 Å². The molecule has 2 aromatic carbocycles. The maximum atomic E-state index is 13.1. The molecule has 28 heavy (non-hydrogen) atoms. The monoisotopic (exact) mass is 378 g/mol. The van der Waals surface area contributed by atoms with Gasteiger partial charge in [0.05, 0.1) is 5.60 Å². The van der Waals surface area contributed by atoms with E-state index in [0.29, 0.717) is 5.92 Å². The van der Waals surface area contributed by atoms with Crippen molar-refractivity contribution >= 4 is 5.91 Å². The first-order chi connectivity index (χ1) is 13.7. The first kappa shape index (κ1) is 19.2. The molecule has 4 nitrogen and oxygen atoms in total. The van der Waals surface area contributed by atoms with Crippen molar-refractivity contribution in [2.24, 2.45) is 0 Å². The Balaban J connectivity index is 1.45. The lowest BCUT2D eigenvalue weighted by molar-refractivity contribution is -0.0574. The zero-order valence-corrected chi connectivity index (χ0v) is 16.7. The predicted molar refractivity (Wildman–Crippen MR) is 112 cm³/mol. The Kier molecular flexibility index (Phi) is 5.79. The molecular formula is C24H30N2O2. The number of ether oxygens (including phenoxy) is 1. The van der Waals surface area contributed by atoms with Crippen LogP contribution >= 0.6 is 0 Å². The van der Waals surface area contributed by atoms with E-state index in [4.69, 9.17) is 4.74 Å². The lowest BCUT2D eigenvalue weighted by Crippen LogP contribution is -2.46. The minimum absolute atomic E-state index is 0.142. The second-order valence-electron chi connectivity index (χ2n) is 8.03. The standard InChI is InChI=1S/C24H30N2O2/c1-28-24(22-10-3-2-4-11-22)12-15-26(16-13-24)23(27)20-8-5-7-19(17-20)21-9-6-14-25-18-21/h2-5,7-8,10-11,17,21,25H,6,9,12-16,18H2,1H3/t21-/m1/s1. The van der Waals surface area contributed by atoms with E-state index in [2.05, 4.69) is 41.7 Å². The van der Waals surface area contributed by atoms with E-state index in [9.17, 15) is 4.79 Å². The van der Waals surface area contributed by atoms with Crippen molar-refractivity contribution in [3.05, 3.63) is 71.3 Å². The van der Waals surface area contributed by atoms with Crippen LogP contribution in [0.15, 0.2) is 54.6 Å². The fourth-order valence-electron chi connectivity index (χ4n) is 4.67. The van der Waals surface area contributed by atoms with Gasteiger partial charge in [0.15, 0.2) is 0 Å². The summed E-state index contributed by atoms with van der Waals surface area (Å²) in [6.45, 7) is 3.55. The Morgan fingerprint density at radius 2 is 1.89 bits per heavy atom. The molecule has 0 unspecified atom stereocenters. The number of hydrogen-bond acceptors (Lipinski definition) is 3. The van der Waals surface area contributed by atoms with Crippen molar-refractivity contribution < 1.29 is 9.53 Å². The summed E-state index contributed by atoms with van der Waals surface area (Å²) in [7, 11) is 1.78. The van der Waals surface area contributed by atoms with Crippen LogP contribution in [-0.2, 0) is 10.3 Å². The summed E-state index contributed by atoms with van der Waals surface area (Å²) in [5, 5.41) is 3.47. The number of hydrogen-bond donors (Lipinski definition) is 1. The Hall–Kier alpha value is -2.17. The number of rotatable bonds is 4. The van der Waals surface area contributed by atoms with Crippen LogP contribution in [-0.4, -0.2) is 44.1 Å². The van der Waals surface area contributed by atoms with Crippen LogP contribution in [0.2, 0.25) is 0 Å². The normalized spacial score (nSPS) is 22.0. The fourth-order valence-corrected chi connectivity index (χ4v) is 4.67. The molecule has 1 atom stereocenters. The minimum atomic E-state index is -0.284. The van der Waals surface area contributed by atoms with Crippen molar-refractivity contribution in [2.45, 2.75) is 37.2 Å². The van der Waals surface area contributed by atoms with E-state index in [1.165, 1.54) is 24.0 Å². The van der Waals surface area contributed by atoms with Crippen LogP contribution in [0.5, 0.6) is 0 Å². The second kappa shape index (κ2) is 8.46. The summed E-state index contributed by atoms with van der Waals surface area (Å²) >= 11 is 0. The summed E-state index contributed by atoms with van der Waals surface area (Å²) in [5.74, 6) is 0.658. The molecule has 0 radical (unpaired) electrons. The highest BCUT2D eigenvalue weighted by atomic mass is 16.5. The molecule has 1 amide bonds. The number of nitrogens with one attached hydrogen (secondary N) is 1. The fraction of sp³-hybridized carbons (Fsp3) is 0.458. The average Bonchev–Trinajstić information content (AvgIpc) is 2.80. The van der Waals surface area contributed by atoms with Gasteiger partial charge in [0.2, 0.25) is 0 Å². The van der Waals surface area contributed by atoms with Gasteiger partial charge in [0.1, 0.15) is 0 Å². The molecule has 1 N–H and O–H groups in total. The van der Waals surface area contributed by atoms with Crippen LogP contribution in [0.3, 0.4) is 0 Å². The summed E-state index contributed by atoms with van der Waals surface area (Å²) in [6.07, 6.45) is 4.05. The second-order valence-corrected chi connectivity index (χ2v) is 8.03. The van der Waals surface area contributed by atoms with E-state index < -0.39 is 0 Å². The van der Waals surface area contributed by atoms with Gasteiger partial charge in [-0.1, -0.05) is 42.5 Å². The number of amides is 1. The molecule has 2 aromatic rings. The topological polar surface area (TPSA) is 41.6 Å². The van der Waals surface area contributed by atoms with Crippen molar-refractivity contribution in [1.29, 1.82) is 0 Å². The lowest BCUT2D eigenvalue weighted by Gasteiger charge is -2.41. The minimum Gasteiger partial charge on any atom is -0.373 e. The summed E-state index contributed by atoms with van der Waals surface area (Å²) in [4.78, 5) is 15.1. The highest BCUT2D eigenvalue weighted by Crippen LogP contribution is 2.36. The first-order valence-electron chi connectivity index (χ1n) is 10.4. The molecule has 2 heterocycles. The number of likely N-dealkylation sites (tertiary alicyclic amines) is 1. The van der Waals surface area contributed by atoms with Crippen LogP contribution in [0.25, 0.3) is 0 Å². The average molecular weight is 379 g/mol. The van der Waals surface area contributed by atoms with Gasteiger partial charge in [-0.2, -0.15) is 0 Å². The van der Waals surface area contributed by atoms with E-state index in [1.54, 1.807) is 7.11 Å². The van der Waals surface area contributed by atoms with E-state index in [1.807, 2.05) is 23.1 Å². The Labute approximate surface area is 167 Å². The van der Waals surface area contributed by atoms with Gasteiger partial charge in [-0.3, -0.25) is 4.79 Å². The predicted octanol–water partition coefficient (Wildman–Crippen LogP) is 3.93. The molecule has 2 fully saturated rings. The maximum absolute atomic E-state index is 13.1. The van der Waals surface area contributed by atoms with Crippen molar-refractivity contribution in [3.8, 4) is 0 Å². The van der Waals surface area contributed by atoms with Crippen LogP contribution < -0.4 is 5.32 Å². The number of benzene rings is 2. The molecule has 0 aliphatic carbocycles. The number of piperidine rings is 2. The maximum Gasteiger partial charge on any atom is 0.253 e. The van der Waals surface area contributed by atoms with Gasteiger partial charge < -0.3 is 15.0 Å². The molecule has 2 aliphatic heterocycles. The molecule has 2 saturated heterocycles. The van der Waals surface area contributed by atoms with E-state index in [-0.39, 0.29) is 11.5 Å². The zero-order valence-electron chi connectivity index (χ0n) is 16.7. The van der Waals surface area contributed by atoms with Gasteiger partial charge in [-0.15, -0.1) is 0 Å². The summed E-state index contributed by atoms with van der Waals surface area (Å²) in [6, 6.07) is 18.7. The number of methoxy groups -OCH3 is 1. The number of carbonyl (C=O) groups excluding carboxylic acids is 1. The molecule has 0 spiro atoms. The van der Waals surface area contributed by atoms with Crippen LogP contribution in [0.4, 0.5) is 0 Å². The Bertz CT molecular complexity index is 791. The van der Waals surface area contributed by atoms with E-state index >= 15 is 0 Å². The molecule has 0 aromatic heterocycles. The SMILES string of the molecule is COC1(c2ccccc2)CCN(C(=O)c2cccc([C@@H]3CCCNC3)c2)CC1. The molecule has 0 saturated carbocycles.